The van der Waals surface area contributed by atoms with Crippen molar-refractivity contribution in [3.63, 3.8) is 0 Å². The number of amides is 1. The monoisotopic (exact) mass is 543 g/mol. The zero-order chi connectivity index (χ0) is 26.3. The van der Waals surface area contributed by atoms with Gasteiger partial charge in [0.25, 0.3) is 12.0 Å². The van der Waals surface area contributed by atoms with Crippen LogP contribution >= 0.6 is 11.6 Å². The number of hydrogen-bond donors (Lipinski definition) is 1. The number of rotatable bonds is 4. The molecule has 36 heavy (non-hydrogen) atoms. The summed E-state index contributed by atoms with van der Waals surface area (Å²) < 4.78 is 81.7. The molecule has 3 aliphatic heterocycles. The Kier molecular flexibility index (Phi) is 7.30. The van der Waals surface area contributed by atoms with Gasteiger partial charge in [-0.25, -0.2) is 4.98 Å². The minimum atomic E-state index is -5.82. The van der Waals surface area contributed by atoms with Gasteiger partial charge in [0.05, 0.1) is 5.92 Å². The zero-order valence-corrected chi connectivity index (χ0v) is 19.7. The minimum Gasteiger partial charge on any atom is -0.442 e. The Labute approximate surface area is 207 Å². The molecular weight excluding hydrogens is 520 g/mol. The van der Waals surface area contributed by atoms with E-state index in [1.165, 1.54) is 11.1 Å². The molecule has 200 valence electrons. The van der Waals surface area contributed by atoms with Crippen LogP contribution in [0.3, 0.4) is 0 Å². The summed E-state index contributed by atoms with van der Waals surface area (Å²) >= 11 is 5.96. The lowest BCUT2D eigenvalue weighted by molar-refractivity contribution is -0.314. The van der Waals surface area contributed by atoms with Crippen molar-refractivity contribution in [3.8, 4) is 0 Å². The molecule has 8 nitrogen and oxygen atoms in total. The molecule has 3 fully saturated rings. The average Bonchev–Trinajstić information content (AvgIpc) is 3.45. The number of aromatic nitrogens is 2. The van der Waals surface area contributed by atoms with Gasteiger partial charge in [-0.15, -0.1) is 0 Å². The Morgan fingerprint density at radius 2 is 1.72 bits per heavy atom. The van der Waals surface area contributed by atoms with Gasteiger partial charge in [-0.3, -0.25) is 9.59 Å². The van der Waals surface area contributed by atoms with E-state index in [9.17, 15) is 35.9 Å². The predicted octanol–water partition coefficient (Wildman–Crippen LogP) is 3.35. The van der Waals surface area contributed by atoms with Gasteiger partial charge in [0, 0.05) is 31.4 Å². The van der Waals surface area contributed by atoms with Crippen molar-refractivity contribution in [1.82, 2.24) is 20.2 Å². The van der Waals surface area contributed by atoms with E-state index in [-0.39, 0.29) is 23.8 Å². The minimum absolute atomic E-state index is 0.0711. The van der Waals surface area contributed by atoms with Crippen LogP contribution in [-0.4, -0.2) is 83.5 Å². The number of alkyl halides is 6. The Bertz CT molecular complexity index is 981. The van der Waals surface area contributed by atoms with Crippen LogP contribution in [0.5, 0.6) is 0 Å². The molecule has 1 aromatic rings. The van der Waals surface area contributed by atoms with Gasteiger partial charge < -0.3 is 19.9 Å². The first-order valence-electron chi connectivity index (χ1n) is 11.5. The molecule has 0 aliphatic carbocycles. The number of halogens is 7. The van der Waals surface area contributed by atoms with Crippen LogP contribution < -0.4 is 10.2 Å². The fourth-order valence-electron chi connectivity index (χ4n) is 5.22. The van der Waals surface area contributed by atoms with E-state index < -0.39 is 41.8 Å². The number of nitrogens with zero attached hydrogens (tertiary/aromatic N) is 4. The molecule has 0 saturated carbocycles. The summed E-state index contributed by atoms with van der Waals surface area (Å²) in [5.41, 5.74) is -0.837. The van der Waals surface area contributed by atoms with E-state index in [0.717, 1.165) is 12.8 Å². The van der Waals surface area contributed by atoms with Gasteiger partial charge in [-0.2, -0.15) is 31.3 Å². The second-order valence-electron chi connectivity index (χ2n) is 9.26. The molecule has 1 amide bonds. The number of nitrogens with one attached hydrogen (secondary N) is 1. The van der Waals surface area contributed by atoms with Crippen LogP contribution in [0.2, 0.25) is 5.28 Å². The quantitative estimate of drug-likeness (QED) is 0.354. The van der Waals surface area contributed by atoms with Gasteiger partial charge >= 0.3 is 18.3 Å². The summed E-state index contributed by atoms with van der Waals surface area (Å²) in [6.45, 7) is 1.79. The number of piperidine rings is 1. The van der Waals surface area contributed by atoms with Crippen molar-refractivity contribution in [1.29, 1.82) is 0 Å². The van der Waals surface area contributed by atoms with Gasteiger partial charge in [-0.1, -0.05) is 0 Å². The zero-order valence-electron chi connectivity index (χ0n) is 19.0. The van der Waals surface area contributed by atoms with Gasteiger partial charge in [0.2, 0.25) is 5.28 Å². The van der Waals surface area contributed by atoms with Crippen LogP contribution in [0.25, 0.3) is 0 Å². The maximum absolute atomic E-state index is 13.8. The number of likely N-dealkylation sites (tertiary alicyclic amines) is 1. The van der Waals surface area contributed by atoms with E-state index in [4.69, 9.17) is 11.6 Å². The molecule has 1 atom stereocenters. The molecule has 0 bridgehead atoms. The molecule has 1 aromatic heterocycles. The van der Waals surface area contributed by atoms with Crippen molar-refractivity contribution in [2.45, 2.75) is 56.1 Å². The highest BCUT2D eigenvalue weighted by atomic mass is 35.5. The molecule has 0 radical (unpaired) electrons. The number of ether oxygens (including phenoxy) is 1. The average molecular weight is 544 g/mol. The van der Waals surface area contributed by atoms with Gasteiger partial charge in [0.15, 0.2) is 0 Å². The topological polar surface area (TPSA) is 87.7 Å². The summed E-state index contributed by atoms with van der Waals surface area (Å²) in [5.74, 6) is -3.26. The van der Waals surface area contributed by atoms with Gasteiger partial charge in [-0.05, 0) is 56.8 Å². The summed E-state index contributed by atoms with van der Waals surface area (Å²) in [6, 6.07) is 0. The highest BCUT2D eigenvalue weighted by Gasteiger charge is 2.61. The van der Waals surface area contributed by atoms with E-state index in [2.05, 4.69) is 20.0 Å². The first-order valence-corrected chi connectivity index (χ1v) is 11.8. The maximum Gasteiger partial charge on any atom is 0.434 e. The first kappa shape index (κ1) is 26.7. The highest BCUT2D eigenvalue weighted by Crippen LogP contribution is 2.43. The van der Waals surface area contributed by atoms with E-state index in [0.29, 0.717) is 44.8 Å². The Hall–Kier alpha value is -2.35. The third kappa shape index (κ3) is 5.34. The van der Waals surface area contributed by atoms with Crippen molar-refractivity contribution in [2.24, 2.45) is 5.92 Å². The molecule has 3 aliphatic rings. The molecule has 4 heterocycles. The van der Waals surface area contributed by atoms with Crippen molar-refractivity contribution >= 4 is 29.3 Å². The molecule has 1 unspecified atom stereocenters. The predicted molar refractivity (Wildman–Crippen MR) is 114 cm³/mol. The molecule has 3 saturated heterocycles. The standard InChI is InChI=1S/C21H24ClF6N5O3/c22-18-30-10-13(14(31-18)32-7-1-2-8-32)15(34)33-11-12(9-19(33)3-5-29-6-4-19)16(35)36-17(20(23,24)25)21(26,27)28/h10,12,17,29H,1-9,11H2. The number of anilines is 1. The van der Waals surface area contributed by atoms with E-state index in [1.54, 1.807) is 0 Å². The lowest BCUT2D eigenvalue weighted by atomic mass is 9.83. The summed E-state index contributed by atoms with van der Waals surface area (Å²) in [7, 11) is 0. The Morgan fingerprint density at radius 1 is 1.11 bits per heavy atom. The van der Waals surface area contributed by atoms with Crippen LogP contribution in [0, 0.1) is 5.92 Å². The Balaban J connectivity index is 1.62. The molecule has 15 heteroatoms. The van der Waals surface area contributed by atoms with E-state index >= 15 is 0 Å². The maximum atomic E-state index is 13.8. The smallest absolute Gasteiger partial charge is 0.434 e. The largest absolute Gasteiger partial charge is 0.442 e. The normalized spacial score (nSPS) is 22.5. The lowest BCUT2D eigenvalue weighted by Crippen LogP contribution is -2.53. The number of carbonyl (C=O) groups is 2. The fourth-order valence-corrected chi connectivity index (χ4v) is 5.35. The van der Waals surface area contributed by atoms with Crippen LogP contribution in [-0.2, 0) is 9.53 Å². The number of esters is 1. The third-order valence-corrected chi connectivity index (χ3v) is 7.10. The molecular formula is C21H24ClF6N5O3. The molecule has 0 aromatic carbocycles. The van der Waals surface area contributed by atoms with Crippen molar-refractivity contribution in [2.75, 3.05) is 37.6 Å². The van der Waals surface area contributed by atoms with Crippen molar-refractivity contribution in [3.05, 3.63) is 17.0 Å². The van der Waals surface area contributed by atoms with Crippen LogP contribution in [0.15, 0.2) is 6.20 Å². The molecule has 1 spiro atoms. The SMILES string of the molecule is O=C(OC(C(F)(F)F)C(F)(F)F)C1CN(C(=O)c2cnc(Cl)nc2N2CCCC2)C2(CCNCC2)C1. The first-order chi connectivity index (χ1) is 16.8. The lowest BCUT2D eigenvalue weighted by Gasteiger charge is -2.42. The van der Waals surface area contributed by atoms with Crippen molar-refractivity contribution < 1.29 is 40.7 Å². The third-order valence-electron chi connectivity index (χ3n) is 6.92. The van der Waals surface area contributed by atoms with Crippen LogP contribution in [0.4, 0.5) is 32.2 Å². The number of hydrogen-bond acceptors (Lipinski definition) is 7. The second kappa shape index (κ2) is 9.84. The summed E-state index contributed by atoms with van der Waals surface area (Å²) in [5, 5.41) is 3.04. The van der Waals surface area contributed by atoms with Gasteiger partial charge in [0.1, 0.15) is 11.4 Å². The summed E-state index contributed by atoms with van der Waals surface area (Å²) in [6.07, 6.45) is -12.3. The fraction of sp³-hybridized carbons (Fsp3) is 0.714. The Morgan fingerprint density at radius 3 is 2.31 bits per heavy atom. The molecule has 1 N–H and O–H groups in total. The molecule has 4 rings (SSSR count). The van der Waals surface area contributed by atoms with Crippen LogP contribution in [0.1, 0.15) is 42.5 Å². The highest BCUT2D eigenvalue weighted by molar-refractivity contribution is 6.28. The number of carbonyl (C=O) groups excluding carboxylic acids is 2. The summed E-state index contributed by atoms with van der Waals surface area (Å²) in [4.78, 5) is 37.7. The van der Waals surface area contributed by atoms with E-state index in [1.807, 2.05) is 4.90 Å². The second-order valence-corrected chi connectivity index (χ2v) is 9.60.